The minimum absolute atomic E-state index is 0.212. The number of benzene rings is 2. The third-order valence-electron chi connectivity index (χ3n) is 2.85. The zero-order valence-electron chi connectivity index (χ0n) is 11.3. The molecule has 0 saturated carbocycles. The van der Waals surface area contributed by atoms with Gasteiger partial charge in [-0.3, -0.25) is 0 Å². The van der Waals surface area contributed by atoms with E-state index in [1.807, 2.05) is 13.8 Å². The molecule has 0 aliphatic heterocycles. The normalized spacial score (nSPS) is 10.3. The van der Waals surface area contributed by atoms with E-state index in [4.69, 9.17) is 9.84 Å². The van der Waals surface area contributed by atoms with Gasteiger partial charge in [0.15, 0.2) is 0 Å². The van der Waals surface area contributed by atoms with Gasteiger partial charge < -0.3 is 9.84 Å². The summed E-state index contributed by atoms with van der Waals surface area (Å²) in [5, 5.41) is 8.99. The second kappa shape index (κ2) is 6.09. The number of rotatable bonds is 4. The van der Waals surface area contributed by atoms with Crippen LogP contribution in [0, 0.1) is 13.8 Å². The molecule has 2 aromatic carbocycles. The molecule has 0 spiro atoms. The highest BCUT2D eigenvalue weighted by Gasteiger charge is 2.08. The first-order valence-corrected chi connectivity index (χ1v) is 6.98. The van der Waals surface area contributed by atoms with Crippen LogP contribution in [0.4, 0.5) is 0 Å². The van der Waals surface area contributed by atoms with Crippen molar-refractivity contribution in [3.05, 3.63) is 63.1 Å². The van der Waals surface area contributed by atoms with Gasteiger partial charge in [0, 0.05) is 0 Å². The highest BCUT2D eigenvalue weighted by Crippen LogP contribution is 2.27. The molecule has 0 amide bonds. The van der Waals surface area contributed by atoms with Gasteiger partial charge in [-0.1, -0.05) is 29.3 Å². The van der Waals surface area contributed by atoms with Gasteiger partial charge in [0.2, 0.25) is 0 Å². The van der Waals surface area contributed by atoms with E-state index in [9.17, 15) is 4.79 Å². The summed E-state index contributed by atoms with van der Waals surface area (Å²) in [6.07, 6.45) is 0. The van der Waals surface area contributed by atoms with Gasteiger partial charge in [0.1, 0.15) is 12.4 Å². The van der Waals surface area contributed by atoms with Crippen molar-refractivity contribution in [2.45, 2.75) is 20.5 Å². The predicted molar refractivity (Wildman–Crippen MR) is 81.3 cm³/mol. The lowest BCUT2D eigenvalue weighted by Crippen LogP contribution is -2.00. The maximum absolute atomic E-state index is 11.0. The molecule has 0 bridgehead atoms. The van der Waals surface area contributed by atoms with E-state index in [-0.39, 0.29) is 5.56 Å². The Morgan fingerprint density at radius 1 is 1.15 bits per heavy atom. The summed E-state index contributed by atoms with van der Waals surface area (Å²) in [5.41, 5.74) is 3.64. The van der Waals surface area contributed by atoms with Crippen LogP contribution in [0.5, 0.6) is 5.75 Å². The Labute approximate surface area is 126 Å². The Bertz CT molecular complexity index is 630. The van der Waals surface area contributed by atoms with Gasteiger partial charge >= 0.3 is 5.97 Å². The van der Waals surface area contributed by atoms with E-state index in [2.05, 4.69) is 34.1 Å². The zero-order valence-corrected chi connectivity index (χ0v) is 12.9. The number of carbonyl (C=O) groups is 1. The maximum atomic E-state index is 11.0. The molecule has 0 heterocycles. The number of aromatic carboxylic acids is 1. The van der Waals surface area contributed by atoms with Crippen LogP contribution in [0.25, 0.3) is 0 Å². The minimum atomic E-state index is -0.964. The first-order valence-electron chi connectivity index (χ1n) is 6.18. The number of carboxylic acids is 1. The number of carboxylic acid groups (broad SMARTS) is 1. The average molecular weight is 335 g/mol. The summed E-state index contributed by atoms with van der Waals surface area (Å²) in [6, 6.07) is 11.0. The molecule has 2 aromatic rings. The van der Waals surface area contributed by atoms with Crippen molar-refractivity contribution in [2.24, 2.45) is 0 Å². The molecule has 0 aliphatic carbocycles. The van der Waals surface area contributed by atoms with Crippen molar-refractivity contribution >= 4 is 21.9 Å². The highest BCUT2D eigenvalue weighted by molar-refractivity contribution is 9.10. The van der Waals surface area contributed by atoms with E-state index >= 15 is 0 Å². The molecule has 20 heavy (non-hydrogen) atoms. The summed E-state index contributed by atoms with van der Waals surface area (Å²) < 4.78 is 6.46. The summed E-state index contributed by atoms with van der Waals surface area (Å²) >= 11 is 3.36. The molecule has 0 aromatic heterocycles. The van der Waals surface area contributed by atoms with Crippen LogP contribution in [-0.4, -0.2) is 11.1 Å². The van der Waals surface area contributed by atoms with Crippen LogP contribution < -0.4 is 4.74 Å². The Kier molecular flexibility index (Phi) is 4.45. The van der Waals surface area contributed by atoms with Crippen molar-refractivity contribution in [3.63, 3.8) is 0 Å². The fourth-order valence-corrected chi connectivity index (χ4v) is 2.42. The third-order valence-corrected chi connectivity index (χ3v) is 3.51. The summed E-state index contributed by atoms with van der Waals surface area (Å²) in [5.74, 6) is -0.433. The molecule has 1 N–H and O–H groups in total. The van der Waals surface area contributed by atoms with E-state index in [1.165, 1.54) is 23.3 Å². The molecule has 0 unspecified atom stereocenters. The summed E-state index contributed by atoms with van der Waals surface area (Å²) in [7, 11) is 0. The van der Waals surface area contributed by atoms with Crippen molar-refractivity contribution < 1.29 is 14.6 Å². The van der Waals surface area contributed by atoms with Crippen molar-refractivity contribution in [3.8, 4) is 5.75 Å². The predicted octanol–water partition coefficient (Wildman–Crippen LogP) is 4.34. The van der Waals surface area contributed by atoms with Gasteiger partial charge in [-0.05, 0) is 53.5 Å². The second-order valence-corrected chi connectivity index (χ2v) is 5.59. The molecule has 0 aliphatic rings. The molecule has 0 fully saturated rings. The van der Waals surface area contributed by atoms with Crippen LogP contribution in [0.1, 0.15) is 27.0 Å². The zero-order chi connectivity index (χ0) is 14.7. The lowest BCUT2D eigenvalue weighted by atomic mass is 10.1. The quantitative estimate of drug-likeness (QED) is 0.904. The molecule has 2 rings (SSSR count). The van der Waals surface area contributed by atoms with Crippen molar-refractivity contribution in [2.75, 3.05) is 0 Å². The molecule has 0 saturated heterocycles. The van der Waals surface area contributed by atoms with Gasteiger partial charge in [0.25, 0.3) is 0 Å². The van der Waals surface area contributed by atoms with Gasteiger partial charge in [-0.25, -0.2) is 4.79 Å². The van der Waals surface area contributed by atoms with Gasteiger partial charge in [0.05, 0.1) is 10.0 Å². The third kappa shape index (κ3) is 3.61. The molecule has 104 valence electrons. The second-order valence-electron chi connectivity index (χ2n) is 4.73. The molecule has 0 radical (unpaired) electrons. The van der Waals surface area contributed by atoms with Crippen LogP contribution in [0.2, 0.25) is 0 Å². The number of hydrogen-bond donors (Lipinski definition) is 1. The van der Waals surface area contributed by atoms with Crippen LogP contribution in [0.15, 0.2) is 40.9 Å². The van der Waals surface area contributed by atoms with E-state index in [0.29, 0.717) is 12.4 Å². The summed E-state index contributed by atoms with van der Waals surface area (Å²) in [6.45, 7) is 4.49. The Balaban J connectivity index is 2.18. The fraction of sp³-hybridized carbons (Fsp3) is 0.188. The lowest BCUT2D eigenvalue weighted by Gasteiger charge is -2.10. The minimum Gasteiger partial charge on any atom is -0.488 e. The lowest BCUT2D eigenvalue weighted by molar-refractivity contribution is 0.0696. The monoisotopic (exact) mass is 334 g/mol. The molecule has 0 atom stereocenters. The van der Waals surface area contributed by atoms with Gasteiger partial charge in [-0.15, -0.1) is 0 Å². The topological polar surface area (TPSA) is 46.5 Å². The van der Waals surface area contributed by atoms with Crippen molar-refractivity contribution in [1.29, 1.82) is 0 Å². The van der Waals surface area contributed by atoms with E-state index < -0.39 is 5.97 Å². The molecule has 3 nitrogen and oxygen atoms in total. The van der Waals surface area contributed by atoms with E-state index in [1.54, 1.807) is 6.07 Å². The largest absolute Gasteiger partial charge is 0.488 e. The smallest absolute Gasteiger partial charge is 0.335 e. The number of halogens is 1. The number of hydrogen-bond acceptors (Lipinski definition) is 2. The van der Waals surface area contributed by atoms with Crippen LogP contribution >= 0.6 is 15.9 Å². The molecule has 4 heteroatoms. The average Bonchev–Trinajstić information content (AvgIpc) is 2.36. The molecular formula is C16H15BrO3. The van der Waals surface area contributed by atoms with Crippen molar-refractivity contribution in [1.82, 2.24) is 0 Å². The summed E-state index contributed by atoms with van der Waals surface area (Å²) in [4.78, 5) is 11.0. The standard InChI is InChI=1S/C16H15BrO3/c1-10-5-11(2)7-12(6-10)9-20-15-8-13(16(18)19)3-4-14(15)17/h3-8H,9H2,1-2H3,(H,18,19). The fourth-order valence-electron chi connectivity index (χ4n) is 2.06. The maximum Gasteiger partial charge on any atom is 0.335 e. The van der Waals surface area contributed by atoms with E-state index in [0.717, 1.165) is 10.0 Å². The Morgan fingerprint density at radius 2 is 1.80 bits per heavy atom. The molecular weight excluding hydrogens is 320 g/mol. The Morgan fingerprint density at radius 3 is 2.40 bits per heavy atom. The number of aryl methyl sites for hydroxylation is 2. The van der Waals surface area contributed by atoms with Crippen LogP contribution in [-0.2, 0) is 6.61 Å². The van der Waals surface area contributed by atoms with Crippen LogP contribution in [0.3, 0.4) is 0 Å². The number of ether oxygens (including phenoxy) is 1. The first kappa shape index (κ1) is 14.6. The Hall–Kier alpha value is -1.81. The highest BCUT2D eigenvalue weighted by atomic mass is 79.9. The first-order chi connectivity index (χ1) is 9.45. The SMILES string of the molecule is Cc1cc(C)cc(COc2cc(C(=O)O)ccc2Br)c1. The van der Waals surface area contributed by atoms with Gasteiger partial charge in [-0.2, -0.15) is 0 Å².